The minimum absolute atomic E-state index is 0.620. The van der Waals surface area contributed by atoms with E-state index >= 15 is 0 Å². The summed E-state index contributed by atoms with van der Waals surface area (Å²) < 4.78 is 10.4. The monoisotopic (exact) mass is 203 g/mol. The lowest BCUT2D eigenvalue weighted by Crippen LogP contribution is -1.96. The molecule has 0 saturated carbocycles. The van der Waals surface area contributed by atoms with E-state index in [1.165, 1.54) is 0 Å². The lowest BCUT2D eigenvalue weighted by atomic mass is 10.1. The van der Waals surface area contributed by atoms with E-state index in [4.69, 9.17) is 14.9 Å². The van der Waals surface area contributed by atoms with Gasteiger partial charge in [0.15, 0.2) is 0 Å². The molecule has 0 unspecified atom stereocenters. The molecule has 0 aliphatic heterocycles. The average molecular weight is 203 g/mol. The topological polar surface area (TPSA) is 48.4 Å². The fraction of sp³-hybridized carbons (Fsp3) is 0.167. The third kappa shape index (κ3) is 1.96. The van der Waals surface area contributed by atoms with Crippen LogP contribution < -0.4 is 10.5 Å². The van der Waals surface area contributed by atoms with Gasteiger partial charge in [0.05, 0.1) is 24.8 Å². The highest BCUT2D eigenvalue weighted by Crippen LogP contribution is 2.28. The molecular formula is C12H13NO2. The van der Waals surface area contributed by atoms with Crippen LogP contribution in [-0.2, 0) is 0 Å². The van der Waals surface area contributed by atoms with Crippen LogP contribution in [0.3, 0.4) is 0 Å². The van der Waals surface area contributed by atoms with Crippen molar-refractivity contribution >= 4 is 5.69 Å². The predicted octanol–water partition coefficient (Wildman–Crippen LogP) is 2.93. The zero-order chi connectivity index (χ0) is 10.7. The van der Waals surface area contributed by atoms with Gasteiger partial charge in [0.2, 0.25) is 0 Å². The molecule has 1 aromatic heterocycles. The number of benzene rings is 1. The summed E-state index contributed by atoms with van der Waals surface area (Å²) in [5.41, 5.74) is 8.56. The molecule has 2 aromatic rings. The highest BCUT2D eigenvalue weighted by atomic mass is 16.5. The first-order chi connectivity index (χ1) is 7.31. The maximum atomic E-state index is 5.86. The molecule has 3 heteroatoms. The zero-order valence-electron chi connectivity index (χ0n) is 8.57. The Bertz CT molecular complexity index is 435. The average Bonchev–Trinajstić information content (AvgIpc) is 2.74. The van der Waals surface area contributed by atoms with E-state index in [0.717, 1.165) is 16.9 Å². The molecule has 15 heavy (non-hydrogen) atoms. The number of hydrogen-bond donors (Lipinski definition) is 1. The van der Waals surface area contributed by atoms with E-state index in [2.05, 4.69) is 0 Å². The van der Waals surface area contributed by atoms with Gasteiger partial charge in [0.25, 0.3) is 0 Å². The second-order valence-corrected chi connectivity index (χ2v) is 3.20. The van der Waals surface area contributed by atoms with Crippen LogP contribution in [0, 0.1) is 0 Å². The fourth-order valence-corrected chi connectivity index (χ4v) is 1.44. The van der Waals surface area contributed by atoms with Crippen molar-refractivity contribution in [2.45, 2.75) is 6.92 Å². The molecule has 0 aliphatic carbocycles. The SMILES string of the molecule is CCOc1ccc(-c2ccoc2)cc1N. The van der Waals surface area contributed by atoms with E-state index in [1.54, 1.807) is 12.5 Å². The van der Waals surface area contributed by atoms with E-state index in [9.17, 15) is 0 Å². The maximum Gasteiger partial charge on any atom is 0.142 e. The molecule has 0 aliphatic rings. The number of ether oxygens (including phenoxy) is 1. The molecular weight excluding hydrogens is 190 g/mol. The van der Waals surface area contributed by atoms with Crippen LogP contribution >= 0.6 is 0 Å². The Labute approximate surface area is 88.5 Å². The molecule has 2 rings (SSSR count). The fourth-order valence-electron chi connectivity index (χ4n) is 1.44. The van der Waals surface area contributed by atoms with Crippen LogP contribution in [0.4, 0.5) is 5.69 Å². The molecule has 1 aromatic carbocycles. The number of nitrogen functional groups attached to an aromatic ring is 1. The standard InChI is InChI=1S/C12H13NO2/c1-2-15-12-4-3-9(7-11(12)13)10-5-6-14-8-10/h3-8H,2,13H2,1H3. The molecule has 0 fully saturated rings. The third-order valence-electron chi connectivity index (χ3n) is 2.16. The van der Waals surface area contributed by atoms with Crippen molar-refractivity contribution in [3.05, 3.63) is 36.8 Å². The summed E-state index contributed by atoms with van der Waals surface area (Å²) in [6, 6.07) is 7.62. The van der Waals surface area contributed by atoms with Crippen molar-refractivity contribution in [1.82, 2.24) is 0 Å². The van der Waals surface area contributed by atoms with Crippen LogP contribution in [-0.4, -0.2) is 6.61 Å². The Hall–Kier alpha value is -1.90. The largest absolute Gasteiger partial charge is 0.492 e. The summed E-state index contributed by atoms with van der Waals surface area (Å²) >= 11 is 0. The van der Waals surface area contributed by atoms with Gasteiger partial charge in [-0.25, -0.2) is 0 Å². The lowest BCUT2D eigenvalue weighted by Gasteiger charge is -2.07. The molecule has 0 atom stereocenters. The lowest BCUT2D eigenvalue weighted by molar-refractivity contribution is 0.342. The second kappa shape index (κ2) is 4.09. The van der Waals surface area contributed by atoms with Gasteiger partial charge in [0.1, 0.15) is 5.75 Å². The van der Waals surface area contributed by atoms with Gasteiger partial charge < -0.3 is 14.9 Å². The van der Waals surface area contributed by atoms with Gasteiger partial charge in [-0.2, -0.15) is 0 Å². The Kier molecular flexibility index (Phi) is 2.63. The zero-order valence-corrected chi connectivity index (χ0v) is 8.57. The third-order valence-corrected chi connectivity index (χ3v) is 2.16. The van der Waals surface area contributed by atoms with Crippen LogP contribution in [0.1, 0.15) is 6.92 Å². The van der Waals surface area contributed by atoms with E-state index < -0.39 is 0 Å². The number of rotatable bonds is 3. The Morgan fingerprint density at radius 2 is 2.13 bits per heavy atom. The predicted molar refractivity (Wildman–Crippen MR) is 59.7 cm³/mol. The van der Waals surface area contributed by atoms with Gasteiger partial charge >= 0.3 is 0 Å². The van der Waals surface area contributed by atoms with Gasteiger partial charge in [-0.3, -0.25) is 0 Å². The Morgan fingerprint density at radius 3 is 2.73 bits per heavy atom. The molecule has 0 bridgehead atoms. The summed E-state index contributed by atoms with van der Waals surface area (Å²) in [6.07, 6.45) is 3.33. The minimum Gasteiger partial charge on any atom is -0.492 e. The first-order valence-electron chi connectivity index (χ1n) is 4.86. The molecule has 3 nitrogen and oxygen atoms in total. The normalized spacial score (nSPS) is 10.2. The van der Waals surface area contributed by atoms with Gasteiger partial charge in [0, 0.05) is 5.56 Å². The molecule has 1 heterocycles. The quantitative estimate of drug-likeness (QED) is 0.780. The molecule has 0 saturated heterocycles. The van der Waals surface area contributed by atoms with Crippen molar-refractivity contribution in [1.29, 1.82) is 0 Å². The summed E-state index contributed by atoms with van der Waals surface area (Å²) in [5.74, 6) is 0.727. The summed E-state index contributed by atoms with van der Waals surface area (Å²) in [4.78, 5) is 0. The van der Waals surface area contributed by atoms with Gasteiger partial charge in [-0.15, -0.1) is 0 Å². The van der Waals surface area contributed by atoms with Crippen molar-refractivity contribution in [3.8, 4) is 16.9 Å². The molecule has 0 spiro atoms. The van der Waals surface area contributed by atoms with Gasteiger partial charge in [-0.1, -0.05) is 6.07 Å². The van der Waals surface area contributed by atoms with Crippen molar-refractivity contribution in [3.63, 3.8) is 0 Å². The van der Waals surface area contributed by atoms with Gasteiger partial charge in [-0.05, 0) is 30.7 Å². The Balaban J connectivity index is 2.33. The number of furan rings is 1. The first kappa shape index (κ1) is 9.65. The highest BCUT2D eigenvalue weighted by Gasteiger charge is 2.03. The first-order valence-corrected chi connectivity index (χ1v) is 4.86. The smallest absolute Gasteiger partial charge is 0.142 e. The van der Waals surface area contributed by atoms with Crippen molar-refractivity contribution in [2.24, 2.45) is 0 Å². The van der Waals surface area contributed by atoms with E-state index in [-0.39, 0.29) is 0 Å². The van der Waals surface area contributed by atoms with Crippen LogP contribution in [0.25, 0.3) is 11.1 Å². The summed E-state index contributed by atoms with van der Waals surface area (Å²) in [7, 11) is 0. The molecule has 0 radical (unpaired) electrons. The van der Waals surface area contributed by atoms with Crippen LogP contribution in [0.5, 0.6) is 5.75 Å². The number of nitrogens with two attached hydrogens (primary N) is 1. The van der Waals surface area contributed by atoms with E-state index in [1.807, 2.05) is 31.2 Å². The van der Waals surface area contributed by atoms with E-state index in [0.29, 0.717) is 12.3 Å². The van der Waals surface area contributed by atoms with Crippen molar-refractivity contribution < 1.29 is 9.15 Å². The maximum absolute atomic E-state index is 5.86. The number of hydrogen-bond acceptors (Lipinski definition) is 3. The summed E-state index contributed by atoms with van der Waals surface area (Å²) in [5, 5.41) is 0. The minimum atomic E-state index is 0.620. The van der Waals surface area contributed by atoms with Crippen LogP contribution in [0.15, 0.2) is 41.2 Å². The van der Waals surface area contributed by atoms with Crippen molar-refractivity contribution in [2.75, 3.05) is 12.3 Å². The summed E-state index contributed by atoms with van der Waals surface area (Å²) in [6.45, 7) is 2.55. The Morgan fingerprint density at radius 1 is 1.27 bits per heavy atom. The second-order valence-electron chi connectivity index (χ2n) is 3.20. The molecule has 2 N–H and O–H groups in total. The van der Waals surface area contributed by atoms with Crippen LogP contribution in [0.2, 0.25) is 0 Å². The highest BCUT2D eigenvalue weighted by molar-refractivity contribution is 5.69. The molecule has 78 valence electrons. The number of anilines is 1. The molecule has 0 amide bonds.